The Bertz CT molecular complexity index is 657. The SMILES string of the molecule is CCCCNC(=O)c1ccc(CNC(=O)C2(N)CC(OCC)C2(C)C)cc1. The van der Waals surface area contributed by atoms with Crippen molar-refractivity contribution in [3.8, 4) is 0 Å². The fourth-order valence-electron chi connectivity index (χ4n) is 3.42. The standard InChI is InChI=1S/C21H33N3O3/c1-5-7-12-23-18(25)16-10-8-15(9-11-16)14-24-19(26)21(22)13-17(27-6-2)20(21,3)4/h8-11,17H,5-7,12-14,22H2,1-4H3,(H,23,25)(H,24,26). The molecule has 1 aliphatic carbocycles. The van der Waals surface area contributed by atoms with Gasteiger partial charge in [0.25, 0.3) is 5.91 Å². The molecule has 1 aromatic carbocycles. The molecule has 1 saturated carbocycles. The first kappa shape index (κ1) is 21.4. The lowest BCUT2D eigenvalue weighted by molar-refractivity contribution is -0.170. The van der Waals surface area contributed by atoms with Crippen LogP contribution in [-0.2, 0) is 16.1 Å². The lowest BCUT2D eigenvalue weighted by Gasteiger charge is -2.57. The van der Waals surface area contributed by atoms with Crippen molar-refractivity contribution in [1.82, 2.24) is 10.6 Å². The first-order valence-corrected chi connectivity index (χ1v) is 9.82. The van der Waals surface area contributed by atoms with Gasteiger partial charge in [-0.2, -0.15) is 0 Å². The van der Waals surface area contributed by atoms with Crippen molar-refractivity contribution in [2.24, 2.45) is 11.1 Å². The normalized spacial score (nSPS) is 23.4. The smallest absolute Gasteiger partial charge is 0.251 e. The highest BCUT2D eigenvalue weighted by molar-refractivity contribution is 5.94. The summed E-state index contributed by atoms with van der Waals surface area (Å²) in [5.74, 6) is -0.233. The first-order chi connectivity index (χ1) is 12.8. The summed E-state index contributed by atoms with van der Waals surface area (Å²) >= 11 is 0. The van der Waals surface area contributed by atoms with E-state index in [0.29, 0.717) is 31.7 Å². The zero-order valence-corrected chi connectivity index (χ0v) is 16.9. The molecule has 2 unspecified atom stereocenters. The third kappa shape index (κ3) is 4.50. The van der Waals surface area contributed by atoms with Crippen LogP contribution in [0.15, 0.2) is 24.3 Å². The van der Waals surface area contributed by atoms with Crippen molar-refractivity contribution in [3.63, 3.8) is 0 Å². The van der Waals surface area contributed by atoms with Crippen molar-refractivity contribution in [2.75, 3.05) is 13.2 Å². The molecule has 0 spiro atoms. The van der Waals surface area contributed by atoms with E-state index in [9.17, 15) is 9.59 Å². The van der Waals surface area contributed by atoms with Gasteiger partial charge < -0.3 is 21.1 Å². The average Bonchev–Trinajstić information content (AvgIpc) is 2.66. The first-order valence-electron chi connectivity index (χ1n) is 9.82. The Morgan fingerprint density at radius 2 is 1.85 bits per heavy atom. The predicted octanol–water partition coefficient (Wildman–Crippen LogP) is 2.37. The van der Waals surface area contributed by atoms with E-state index in [4.69, 9.17) is 10.5 Å². The molecule has 27 heavy (non-hydrogen) atoms. The van der Waals surface area contributed by atoms with E-state index in [1.807, 2.05) is 32.9 Å². The zero-order chi connectivity index (χ0) is 20.1. The van der Waals surface area contributed by atoms with Crippen molar-refractivity contribution < 1.29 is 14.3 Å². The Hall–Kier alpha value is -1.92. The summed E-state index contributed by atoms with van der Waals surface area (Å²) in [6, 6.07) is 7.26. The number of amides is 2. The molecule has 2 rings (SSSR count). The molecule has 1 fully saturated rings. The van der Waals surface area contributed by atoms with Gasteiger partial charge in [-0.1, -0.05) is 39.3 Å². The number of hydrogen-bond acceptors (Lipinski definition) is 4. The molecule has 2 amide bonds. The van der Waals surface area contributed by atoms with Crippen molar-refractivity contribution >= 4 is 11.8 Å². The largest absolute Gasteiger partial charge is 0.378 e. The van der Waals surface area contributed by atoms with E-state index >= 15 is 0 Å². The number of nitrogens with one attached hydrogen (secondary N) is 2. The second-order valence-electron chi connectivity index (χ2n) is 7.83. The van der Waals surface area contributed by atoms with Gasteiger partial charge in [-0.3, -0.25) is 9.59 Å². The minimum atomic E-state index is -0.925. The maximum absolute atomic E-state index is 12.7. The van der Waals surface area contributed by atoms with Gasteiger partial charge in [-0.15, -0.1) is 0 Å². The zero-order valence-electron chi connectivity index (χ0n) is 16.9. The van der Waals surface area contributed by atoms with Crippen LogP contribution in [0.1, 0.15) is 62.9 Å². The van der Waals surface area contributed by atoms with Crippen LogP contribution in [0, 0.1) is 5.41 Å². The number of ether oxygens (including phenoxy) is 1. The molecule has 0 aromatic heterocycles. The van der Waals surface area contributed by atoms with Crippen molar-refractivity contribution in [3.05, 3.63) is 35.4 Å². The summed E-state index contributed by atoms with van der Waals surface area (Å²) in [6.45, 7) is 9.66. The average molecular weight is 376 g/mol. The highest BCUT2D eigenvalue weighted by atomic mass is 16.5. The van der Waals surface area contributed by atoms with Crippen LogP contribution in [0.4, 0.5) is 0 Å². The highest BCUT2D eigenvalue weighted by Crippen LogP contribution is 2.49. The quantitative estimate of drug-likeness (QED) is 0.578. The number of rotatable bonds is 9. The highest BCUT2D eigenvalue weighted by Gasteiger charge is 2.62. The number of benzene rings is 1. The van der Waals surface area contributed by atoms with Crippen molar-refractivity contribution in [1.29, 1.82) is 0 Å². The van der Waals surface area contributed by atoms with E-state index in [2.05, 4.69) is 17.6 Å². The van der Waals surface area contributed by atoms with Crippen LogP contribution in [0.2, 0.25) is 0 Å². The molecule has 0 heterocycles. The van der Waals surface area contributed by atoms with Gasteiger partial charge in [0.1, 0.15) is 5.54 Å². The molecular weight excluding hydrogens is 342 g/mol. The summed E-state index contributed by atoms with van der Waals surface area (Å²) in [6.07, 6.45) is 2.54. The Morgan fingerprint density at radius 1 is 1.19 bits per heavy atom. The molecular formula is C21H33N3O3. The van der Waals surface area contributed by atoms with E-state index in [1.54, 1.807) is 12.1 Å². The molecule has 2 atom stereocenters. The van der Waals surface area contributed by atoms with Gasteiger partial charge in [0.2, 0.25) is 5.91 Å². The third-order valence-electron chi connectivity index (χ3n) is 5.72. The molecule has 6 nitrogen and oxygen atoms in total. The minimum Gasteiger partial charge on any atom is -0.378 e. The molecule has 150 valence electrons. The van der Waals surface area contributed by atoms with Crippen LogP contribution in [0.5, 0.6) is 0 Å². The molecule has 0 aliphatic heterocycles. The fourth-order valence-corrected chi connectivity index (χ4v) is 3.42. The van der Waals surface area contributed by atoms with Gasteiger partial charge in [0.15, 0.2) is 0 Å². The third-order valence-corrected chi connectivity index (χ3v) is 5.72. The van der Waals surface area contributed by atoms with Crippen molar-refractivity contribution in [2.45, 2.75) is 65.1 Å². The molecule has 1 aromatic rings. The lowest BCUT2D eigenvalue weighted by Crippen LogP contribution is -2.75. The maximum Gasteiger partial charge on any atom is 0.251 e. The summed E-state index contributed by atoms with van der Waals surface area (Å²) in [5, 5.41) is 5.82. The number of carbonyl (C=O) groups is 2. The molecule has 4 N–H and O–H groups in total. The molecule has 6 heteroatoms. The van der Waals surface area contributed by atoms with E-state index in [1.165, 1.54) is 0 Å². The number of unbranched alkanes of at least 4 members (excludes halogenated alkanes) is 1. The predicted molar refractivity (Wildman–Crippen MR) is 106 cm³/mol. The second-order valence-corrected chi connectivity index (χ2v) is 7.83. The monoisotopic (exact) mass is 375 g/mol. The second kappa shape index (κ2) is 8.85. The van der Waals surface area contributed by atoms with Crippen LogP contribution >= 0.6 is 0 Å². The van der Waals surface area contributed by atoms with Gasteiger partial charge in [-0.05, 0) is 31.0 Å². The lowest BCUT2D eigenvalue weighted by atomic mass is 9.54. The number of nitrogens with two attached hydrogens (primary N) is 1. The summed E-state index contributed by atoms with van der Waals surface area (Å²) < 4.78 is 5.67. The Balaban J connectivity index is 1.88. The van der Waals surface area contributed by atoms with Gasteiger partial charge in [0, 0.05) is 37.1 Å². The Kier molecular flexibility index (Phi) is 7.00. The van der Waals surface area contributed by atoms with Gasteiger partial charge >= 0.3 is 0 Å². The van der Waals surface area contributed by atoms with Crippen LogP contribution < -0.4 is 16.4 Å². The summed E-state index contributed by atoms with van der Waals surface area (Å²) in [4.78, 5) is 24.7. The molecule has 0 bridgehead atoms. The van der Waals surface area contributed by atoms with Gasteiger partial charge in [0.05, 0.1) is 6.10 Å². The van der Waals surface area contributed by atoms with Crippen LogP contribution in [0.25, 0.3) is 0 Å². The minimum absolute atomic E-state index is 0.00348. The molecule has 1 aliphatic rings. The van der Waals surface area contributed by atoms with E-state index in [0.717, 1.165) is 18.4 Å². The van der Waals surface area contributed by atoms with Crippen LogP contribution in [0.3, 0.4) is 0 Å². The number of carbonyl (C=O) groups excluding carboxylic acids is 2. The topological polar surface area (TPSA) is 93.5 Å². The van der Waals surface area contributed by atoms with E-state index < -0.39 is 11.0 Å². The number of hydrogen-bond donors (Lipinski definition) is 3. The van der Waals surface area contributed by atoms with E-state index in [-0.39, 0.29) is 17.9 Å². The molecule has 0 saturated heterocycles. The molecule has 0 radical (unpaired) electrons. The Morgan fingerprint density at radius 3 is 2.41 bits per heavy atom. The van der Waals surface area contributed by atoms with Crippen LogP contribution in [-0.4, -0.2) is 36.6 Å². The Labute approximate surface area is 162 Å². The fraction of sp³-hybridized carbons (Fsp3) is 0.619. The summed E-state index contributed by atoms with van der Waals surface area (Å²) in [7, 11) is 0. The maximum atomic E-state index is 12.7. The van der Waals surface area contributed by atoms with Gasteiger partial charge in [-0.25, -0.2) is 0 Å². The summed E-state index contributed by atoms with van der Waals surface area (Å²) in [5.41, 5.74) is 6.60.